The molecule has 3 aromatic carbocycles. The summed E-state index contributed by atoms with van der Waals surface area (Å²) in [6.45, 7) is 0. The van der Waals surface area contributed by atoms with Crippen LogP contribution in [0, 0.1) is 5.82 Å². The Labute approximate surface area is 186 Å². The van der Waals surface area contributed by atoms with Crippen molar-refractivity contribution in [1.29, 1.82) is 0 Å². The van der Waals surface area contributed by atoms with E-state index in [-0.39, 0.29) is 28.9 Å². The number of allylic oxidation sites excluding steroid dienone is 1. The molecule has 0 amide bonds. The molecule has 0 bridgehead atoms. The van der Waals surface area contributed by atoms with Crippen LogP contribution in [0.1, 0.15) is 21.5 Å². The van der Waals surface area contributed by atoms with E-state index in [0.29, 0.717) is 16.6 Å². The monoisotopic (exact) mass is 448 g/mol. The number of Topliss-reactive ketones (excluding diaryl/α,β-unsaturated/α-hetero) is 1. The average molecular weight is 448 g/mol. The van der Waals surface area contributed by atoms with E-state index >= 15 is 0 Å². The zero-order valence-corrected chi connectivity index (χ0v) is 17.7. The molecule has 0 saturated heterocycles. The van der Waals surface area contributed by atoms with Crippen LogP contribution in [-0.2, 0) is 11.2 Å². The molecular formula is C24H17FN2O4S. The molecule has 6 nitrogen and oxygen atoms in total. The quantitative estimate of drug-likeness (QED) is 0.323. The van der Waals surface area contributed by atoms with Gasteiger partial charge >= 0.3 is 5.97 Å². The third kappa shape index (κ3) is 4.26. The first kappa shape index (κ1) is 21.3. The van der Waals surface area contributed by atoms with Gasteiger partial charge in [0.05, 0.1) is 24.4 Å². The van der Waals surface area contributed by atoms with Gasteiger partial charge in [-0.3, -0.25) is 4.79 Å². The standard InChI is InChI=1S/C24H17FN2O4S/c1-31-21-10-8-16(12-18(21)25)23(28)17(11-14-5-3-2-4-6-14)22(24(29)30)15-7-9-19-20(13-15)27-32-26-19/h2-10,12-13H,11H2,1H3,(H,29,30). The highest BCUT2D eigenvalue weighted by atomic mass is 32.1. The first-order valence-electron chi connectivity index (χ1n) is 9.59. The highest BCUT2D eigenvalue weighted by molar-refractivity contribution is 7.00. The first-order valence-corrected chi connectivity index (χ1v) is 10.3. The van der Waals surface area contributed by atoms with Gasteiger partial charge in [-0.15, -0.1) is 0 Å². The average Bonchev–Trinajstić information content (AvgIpc) is 3.26. The number of halogens is 1. The van der Waals surface area contributed by atoms with Crippen LogP contribution >= 0.6 is 11.7 Å². The molecule has 0 aliphatic carbocycles. The lowest BCUT2D eigenvalue weighted by atomic mass is 9.89. The summed E-state index contributed by atoms with van der Waals surface area (Å²) < 4.78 is 27.5. The van der Waals surface area contributed by atoms with Crippen molar-refractivity contribution in [3.05, 3.63) is 94.8 Å². The summed E-state index contributed by atoms with van der Waals surface area (Å²) in [7, 11) is 1.33. The summed E-state index contributed by atoms with van der Waals surface area (Å²) in [5, 5.41) is 10.1. The van der Waals surface area contributed by atoms with Crippen molar-refractivity contribution in [2.75, 3.05) is 7.11 Å². The zero-order valence-electron chi connectivity index (χ0n) is 16.9. The Morgan fingerprint density at radius 1 is 0.969 bits per heavy atom. The van der Waals surface area contributed by atoms with Gasteiger partial charge in [0.2, 0.25) is 0 Å². The lowest BCUT2D eigenvalue weighted by molar-refractivity contribution is -0.130. The molecule has 0 atom stereocenters. The number of carboxylic acid groups (broad SMARTS) is 1. The third-order valence-electron chi connectivity index (χ3n) is 4.97. The van der Waals surface area contributed by atoms with Crippen LogP contribution in [0.5, 0.6) is 5.75 Å². The van der Waals surface area contributed by atoms with E-state index in [1.807, 2.05) is 6.07 Å². The smallest absolute Gasteiger partial charge is 0.336 e. The number of ether oxygens (including phenoxy) is 1. The molecule has 8 heteroatoms. The van der Waals surface area contributed by atoms with Gasteiger partial charge in [0, 0.05) is 17.6 Å². The van der Waals surface area contributed by atoms with Gasteiger partial charge in [0.25, 0.3) is 0 Å². The number of carbonyl (C=O) groups excluding carboxylic acids is 1. The molecular weight excluding hydrogens is 431 g/mol. The minimum atomic E-state index is -1.26. The molecule has 1 N–H and O–H groups in total. The molecule has 0 saturated carbocycles. The lowest BCUT2D eigenvalue weighted by Gasteiger charge is -2.14. The second-order valence-corrected chi connectivity index (χ2v) is 7.50. The molecule has 0 aliphatic heterocycles. The SMILES string of the molecule is COc1ccc(C(=O)C(Cc2ccccc2)=C(C(=O)O)c2ccc3nsnc3c2)cc1F. The van der Waals surface area contributed by atoms with Crippen molar-refractivity contribution < 1.29 is 23.8 Å². The highest BCUT2D eigenvalue weighted by Crippen LogP contribution is 2.29. The molecule has 0 fully saturated rings. The Hall–Kier alpha value is -3.91. The maximum absolute atomic E-state index is 14.3. The summed E-state index contributed by atoms with van der Waals surface area (Å²) in [5.41, 5.74) is 2.15. The number of hydrogen-bond donors (Lipinski definition) is 1. The van der Waals surface area contributed by atoms with Crippen molar-refractivity contribution >= 4 is 40.1 Å². The minimum absolute atomic E-state index is 0.00455. The number of nitrogens with zero attached hydrogens (tertiary/aromatic N) is 2. The summed E-state index contributed by atoms with van der Waals surface area (Å²) in [6, 6.07) is 17.7. The zero-order chi connectivity index (χ0) is 22.7. The maximum atomic E-state index is 14.3. The van der Waals surface area contributed by atoms with Crippen molar-refractivity contribution in [2.24, 2.45) is 0 Å². The number of aliphatic carboxylic acids is 1. The molecule has 0 aliphatic rings. The van der Waals surface area contributed by atoms with E-state index in [1.165, 1.54) is 19.2 Å². The van der Waals surface area contributed by atoms with Crippen LogP contribution in [0.4, 0.5) is 4.39 Å². The number of carboxylic acids is 1. The molecule has 0 radical (unpaired) electrons. The fourth-order valence-corrected chi connectivity index (χ4v) is 3.95. The molecule has 160 valence electrons. The van der Waals surface area contributed by atoms with Crippen LogP contribution in [-0.4, -0.2) is 32.7 Å². The molecule has 4 rings (SSSR count). The summed E-state index contributed by atoms with van der Waals surface area (Å²) in [6.07, 6.45) is 0.0578. The maximum Gasteiger partial charge on any atom is 0.336 e. The van der Waals surface area contributed by atoms with Gasteiger partial charge in [0.15, 0.2) is 17.3 Å². The highest BCUT2D eigenvalue weighted by Gasteiger charge is 2.25. The van der Waals surface area contributed by atoms with Gasteiger partial charge in [0.1, 0.15) is 11.0 Å². The Balaban J connectivity index is 1.91. The number of aromatic nitrogens is 2. The van der Waals surface area contributed by atoms with E-state index < -0.39 is 17.6 Å². The van der Waals surface area contributed by atoms with Crippen molar-refractivity contribution in [3.8, 4) is 5.75 Å². The van der Waals surface area contributed by atoms with E-state index in [0.717, 1.165) is 23.4 Å². The minimum Gasteiger partial charge on any atom is -0.494 e. The predicted molar refractivity (Wildman–Crippen MR) is 119 cm³/mol. The number of ketones is 1. The molecule has 4 aromatic rings. The normalized spacial score (nSPS) is 11.8. The van der Waals surface area contributed by atoms with Gasteiger partial charge in [-0.25, -0.2) is 9.18 Å². The Bertz CT molecular complexity index is 1350. The Morgan fingerprint density at radius 2 is 1.69 bits per heavy atom. The number of rotatable bonds is 7. The topological polar surface area (TPSA) is 89.4 Å². The Morgan fingerprint density at radius 3 is 2.38 bits per heavy atom. The van der Waals surface area contributed by atoms with Gasteiger partial charge in [-0.05, 0) is 41.5 Å². The lowest BCUT2D eigenvalue weighted by Crippen LogP contribution is -2.14. The van der Waals surface area contributed by atoms with Crippen molar-refractivity contribution in [2.45, 2.75) is 6.42 Å². The second kappa shape index (κ2) is 9.07. The van der Waals surface area contributed by atoms with Gasteiger partial charge in [-0.1, -0.05) is 36.4 Å². The molecule has 0 spiro atoms. The number of benzene rings is 3. The number of hydrogen-bond acceptors (Lipinski definition) is 6. The largest absolute Gasteiger partial charge is 0.494 e. The van der Waals surface area contributed by atoms with Crippen LogP contribution in [0.25, 0.3) is 16.6 Å². The predicted octanol–water partition coefficient (Wildman–Crippen LogP) is 4.80. The van der Waals surface area contributed by atoms with Gasteiger partial charge in [-0.2, -0.15) is 8.75 Å². The number of methoxy groups -OCH3 is 1. The van der Waals surface area contributed by atoms with E-state index in [2.05, 4.69) is 8.75 Å². The van der Waals surface area contributed by atoms with Crippen molar-refractivity contribution in [3.63, 3.8) is 0 Å². The molecule has 1 heterocycles. The van der Waals surface area contributed by atoms with Crippen LogP contribution in [0.15, 0.2) is 72.3 Å². The first-order chi connectivity index (χ1) is 15.5. The van der Waals surface area contributed by atoms with Crippen molar-refractivity contribution in [1.82, 2.24) is 8.75 Å². The summed E-state index contributed by atoms with van der Waals surface area (Å²) >= 11 is 1.02. The molecule has 32 heavy (non-hydrogen) atoms. The fraction of sp³-hybridized carbons (Fsp3) is 0.0833. The van der Waals surface area contributed by atoms with E-state index in [9.17, 15) is 19.1 Å². The fourth-order valence-electron chi connectivity index (χ4n) is 3.43. The third-order valence-corrected chi connectivity index (χ3v) is 5.53. The van der Waals surface area contributed by atoms with Crippen LogP contribution in [0.2, 0.25) is 0 Å². The Kier molecular flexibility index (Phi) is 6.04. The van der Waals surface area contributed by atoms with E-state index in [1.54, 1.807) is 42.5 Å². The van der Waals surface area contributed by atoms with E-state index in [4.69, 9.17) is 4.74 Å². The number of carbonyl (C=O) groups is 2. The van der Waals surface area contributed by atoms with Crippen LogP contribution in [0.3, 0.4) is 0 Å². The molecule has 0 unspecified atom stereocenters. The van der Waals surface area contributed by atoms with Crippen LogP contribution < -0.4 is 4.74 Å². The number of fused-ring (bicyclic) bond motifs is 1. The second-order valence-electron chi connectivity index (χ2n) is 6.97. The van der Waals surface area contributed by atoms with Gasteiger partial charge < -0.3 is 9.84 Å². The molecule has 1 aromatic heterocycles. The summed E-state index contributed by atoms with van der Waals surface area (Å²) in [5.74, 6) is -2.55. The summed E-state index contributed by atoms with van der Waals surface area (Å²) in [4.78, 5) is 25.9.